The number of benzene rings is 3. The van der Waals surface area contributed by atoms with Crippen LogP contribution >= 0.6 is 15.9 Å². The Balaban J connectivity index is 1.45. The van der Waals surface area contributed by atoms with Gasteiger partial charge in [0.2, 0.25) is 0 Å². The molecule has 0 saturated heterocycles. The number of halogens is 1. The smallest absolute Gasteiger partial charge is 0.255 e. The van der Waals surface area contributed by atoms with E-state index in [1.807, 2.05) is 73.7 Å². The van der Waals surface area contributed by atoms with Gasteiger partial charge in [0, 0.05) is 33.0 Å². The highest BCUT2D eigenvalue weighted by Gasteiger charge is 2.08. The zero-order valence-electron chi connectivity index (χ0n) is 16.3. The first-order chi connectivity index (χ1) is 14.6. The largest absolute Gasteiger partial charge is 0.340 e. The van der Waals surface area contributed by atoms with E-state index in [2.05, 4.69) is 36.5 Å². The van der Waals surface area contributed by atoms with Gasteiger partial charge in [-0.15, -0.1) is 0 Å². The van der Waals surface area contributed by atoms with Crippen LogP contribution in [0.3, 0.4) is 0 Å². The summed E-state index contributed by atoms with van der Waals surface area (Å²) in [4.78, 5) is 21.1. The predicted octanol–water partition coefficient (Wildman–Crippen LogP) is 6.21. The predicted molar refractivity (Wildman–Crippen MR) is 124 cm³/mol. The van der Waals surface area contributed by atoms with Gasteiger partial charge in [-0.25, -0.2) is 9.97 Å². The van der Waals surface area contributed by atoms with Crippen molar-refractivity contribution in [2.24, 2.45) is 0 Å². The van der Waals surface area contributed by atoms with Crippen LogP contribution in [0.25, 0.3) is 11.3 Å². The average molecular weight is 459 g/mol. The van der Waals surface area contributed by atoms with Crippen LogP contribution < -0.4 is 10.6 Å². The molecule has 0 fully saturated rings. The van der Waals surface area contributed by atoms with Crippen molar-refractivity contribution in [1.29, 1.82) is 0 Å². The zero-order valence-corrected chi connectivity index (χ0v) is 17.8. The molecule has 0 aliphatic heterocycles. The monoisotopic (exact) mass is 458 g/mol. The quantitative estimate of drug-likeness (QED) is 0.372. The van der Waals surface area contributed by atoms with Crippen LogP contribution in [0.4, 0.5) is 17.2 Å². The van der Waals surface area contributed by atoms with E-state index in [4.69, 9.17) is 0 Å². The fourth-order valence-corrected chi connectivity index (χ4v) is 3.22. The molecule has 148 valence electrons. The molecule has 2 N–H and O–H groups in total. The van der Waals surface area contributed by atoms with Crippen molar-refractivity contribution >= 4 is 39.0 Å². The molecule has 0 radical (unpaired) electrons. The third-order valence-electron chi connectivity index (χ3n) is 4.57. The molecule has 4 aromatic rings. The molecular formula is C24H19BrN4O. The van der Waals surface area contributed by atoms with E-state index in [9.17, 15) is 4.79 Å². The van der Waals surface area contributed by atoms with Gasteiger partial charge in [-0.2, -0.15) is 0 Å². The van der Waals surface area contributed by atoms with Gasteiger partial charge in [-0.3, -0.25) is 4.79 Å². The van der Waals surface area contributed by atoms with Crippen LogP contribution in [0.2, 0.25) is 0 Å². The molecule has 6 heteroatoms. The van der Waals surface area contributed by atoms with Crippen LogP contribution in [0.5, 0.6) is 0 Å². The number of hydrogen-bond acceptors (Lipinski definition) is 4. The molecule has 0 saturated carbocycles. The molecule has 3 aromatic carbocycles. The van der Waals surface area contributed by atoms with Gasteiger partial charge in [0.15, 0.2) is 0 Å². The summed E-state index contributed by atoms with van der Waals surface area (Å²) < 4.78 is 1.01. The Bertz CT molecular complexity index is 1180. The van der Waals surface area contributed by atoms with Gasteiger partial charge in [0.05, 0.1) is 5.69 Å². The van der Waals surface area contributed by atoms with Gasteiger partial charge in [-0.1, -0.05) is 46.3 Å². The number of nitrogens with zero attached hydrogens (tertiary/aromatic N) is 2. The van der Waals surface area contributed by atoms with Crippen LogP contribution in [-0.4, -0.2) is 15.9 Å². The molecule has 0 aliphatic rings. The summed E-state index contributed by atoms with van der Waals surface area (Å²) >= 11 is 3.46. The number of amides is 1. The minimum Gasteiger partial charge on any atom is -0.340 e. The van der Waals surface area contributed by atoms with Gasteiger partial charge in [-0.05, 0) is 55.0 Å². The van der Waals surface area contributed by atoms with E-state index in [1.54, 1.807) is 12.1 Å². The van der Waals surface area contributed by atoms with Crippen LogP contribution in [0.1, 0.15) is 15.9 Å². The Kier molecular flexibility index (Phi) is 5.86. The molecule has 0 unspecified atom stereocenters. The Morgan fingerprint density at radius 3 is 2.33 bits per heavy atom. The fraction of sp³-hybridized carbons (Fsp3) is 0.0417. The van der Waals surface area contributed by atoms with E-state index in [0.29, 0.717) is 11.4 Å². The summed E-state index contributed by atoms with van der Waals surface area (Å²) in [5.41, 5.74) is 5.11. The van der Waals surface area contributed by atoms with Crippen molar-refractivity contribution in [3.05, 3.63) is 101 Å². The van der Waals surface area contributed by atoms with E-state index in [1.165, 1.54) is 6.33 Å². The molecule has 1 amide bonds. The molecule has 0 atom stereocenters. The van der Waals surface area contributed by atoms with Crippen molar-refractivity contribution in [2.45, 2.75) is 6.92 Å². The molecule has 30 heavy (non-hydrogen) atoms. The second-order valence-electron chi connectivity index (χ2n) is 6.77. The fourth-order valence-electron chi connectivity index (χ4n) is 2.97. The number of carbonyl (C=O) groups excluding carboxylic acids is 1. The Labute approximate surface area is 183 Å². The first-order valence-electron chi connectivity index (χ1n) is 9.40. The Hall–Kier alpha value is -3.51. The molecular weight excluding hydrogens is 440 g/mol. The maximum atomic E-state index is 12.5. The highest BCUT2D eigenvalue weighted by atomic mass is 79.9. The summed E-state index contributed by atoms with van der Waals surface area (Å²) in [6.07, 6.45) is 1.53. The molecule has 0 aliphatic carbocycles. The molecule has 0 spiro atoms. The minimum atomic E-state index is -0.156. The highest BCUT2D eigenvalue weighted by Crippen LogP contribution is 2.22. The lowest BCUT2D eigenvalue weighted by molar-refractivity contribution is 0.102. The van der Waals surface area contributed by atoms with Crippen molar-refractivity contribution in [3.8, 4) is 11.3 Å². The summed E-state index contributed by atoms with van der Waals surface area (Å²) in [5, 5.41) is 6.18. The lowest BCUT2D eigenvalue weighted by Crippen LogP contribution is -2.11. The van der Waals surface area contributed by atoms with Crippen molar-refractivity contribution < 1.29 is 4.79 Å². The van der Waals surface area contributed by atoms with E-state index in [0.717, 1.165) is 32.7 Å². The van der Waals surface area contributed by atoms with Crippen molar-refractivity contribution in [2.75, 3.05) is 10.6 Å². The lowest BCUT2D eigenvalue weighted by Gasteiger charge is -2.09. The van der Waals surface area contributed by atoms with Crippen molar-refractivity contribution in [3.63, 3.8) is 0 Å². The molecule has 5 nitrogen and oxygen atoms in total. The van der Waals surface area contributed by atoms with E-state index in [-0.39, 0.29) is 5.91 Å². The second-order valence-corrected chi connectivity index (χ2v) is 7.63. The van der Waals surface area contributed by atoms with Crippen LogP contribution in [0.15, 0.2) is 89.7 Å². The number of rotatable bonds is 5. The first-order valence-corrected chi connectivity index (χ1v) is 10.2. The van der Waals surface area contributed by atoms with Gasteiger partial charge in [0.1, 0.15) is 12.1 Å². The average Bonchev–Trinajstić information content (AvgIpc) is 2.77. The number of aromatic nitrogens is 2. The zero-order chi connectivity index (χ0) is 20.9. The van der Waals surface area contributed by atoms with Gasteiger partial charge >= 0.3 is 0 Å². The summed E-state index contributed by atoms with van der Waals surface area (Å²) in [6.45, 7) is 1.98. The van der Waals surface area contributed by atoms with E-state index < -0.39 is 0 Å². The molecule has 1 aromatic heterocycles. The molecule has 0 bridgehead atoms. The number of carbonyl (C=O) groups is 1. The van der Waals surface area contributed by atoms with Crippen molar-refractivity contribution in [1.82, 2.24) is 9.97 Å². The third-order valence-corrected chi connectivity index (χ3v) is 5.46. The van der Waals surface area contributed by atoms with Crippen LogP contribution in [-0.2, 0) is 0 Å². The SMILES string of the molecule is Cc1cc(NC(=O)c2ccc(Nc3cc(-c4ccccc4)ncn3)cc2)ccc1Br. The van der Waals surface area contributed by atoms with E-state index >= 15 is 0 Å². The van der Waals surface area contributed by atoms with Crippen LogP contribution in [0, 0.1) is 6.92 Å². The summed E-state index contributed by atoms with van der Waals surface area (Å²) in [5.74, 6) is 0.531. The molecule has 4 rings (SSSR count). The number of hydrogen-bond donors (Lipinski definition) is 2. The number of aryl methyl sites for hydroxylation is 1. The topological polar surface area (TPSA) is 66.9 Å². The third kappa shape index (κ3) is 4.72. The minimum absolute atomic E-state index is 0.156. The number of anilines is 3. The maximum Gasteiger partial charge on any atom is 0.255 e. The Morgan fingerprint density at radius 2 is 1.60 bits per heavy atom. The van der Waals surface area contributed by atoms with Gasteiger partial charge < -0.3 is 10.6 Å². The standard InChI is InChI=1S/C24H19BrN4O/c1-16-13-20(11-12-21(16)25)29-24(30)18-7-9-19(10-8-18)28-23-14-22(26-15-27-23)17-5-3-2-4-6-17/h2-15H,1H3,(H,29,30)(H,26,27,28). The summed E-state index contributed by atoms with van der Waals surface area (Å²) in [7, 11) is 0. The summed E-state index contributed by atoms with van der Waals surface area (Å²) in [6, 6.07) is 24.8. The Morgan fingerprint density at radius 1 is 0.867 bits per heavy atom. The maximum absolute atomic E-state index is 12.5. The second kappa shape index (κ2) is 8.88. The normalized spacial score (nSPS) is 10.5. The van der Waals surface area contributed by atoms with Gasteiger partial charge in [0.25, 0.3) is 5.91 Å². The lowest BCUT2D eigenvalue weighted by atomic mass is 10.1. The first kappa shape index (κ1) is 19.8. The highest BCUT2D eigenvalue weighted by molar-refractivity contribution is 9.10. The molecule has 1 heterocycles. The number of nitrogens with one attached hydrogen (secondary N) is 2.